The molecule has 0 unspecified atom stereocenters. The highest BCUT2D eigenvalue weighted by Crippen LogP contribution is 2.09. The molecule has 0 radical (unpaired) electrons. The van der Waals surface area contributed by atoms with E-state index in [0.29, 0.717) is 11.3 Å². The molecule has 0 atom stereocenters. The summed E-state index contributed by atoms with van der Waals surface area (Å²) >= 11 is 5.30. The Kier molecular flexibility index (Phi) is 3.08. The molecular formula is C8H9ClN2O2. The van der Waals surface area contributed by atoms with Crippen molar-refractivity contribution in [1.29, 1.82) is 0 Å². The Balaban J connectivity index is 2.90. The first kappa shape index (κ1) is 9.80. The molecule has 4 nitrogen and oxygen atoms in total. The van der Waals surface area contributed by atoms with E-state index >= 15 is 0 Å². The van der Waals surface area contributed by atoms with E-state index in [-0.39, 0.29) is 17.3 Å². The monoisotopic (exact) mass is 200 g/mol. The van der Waals surface area contributed by atoms with Crippen LogP contribution in [0.1, 0.15) is 5.56 Å². The second-order valence-electron chi connectivity index (χ2n) is 2.58. The highest BCUT2D eigenvalue weighted by atomic mass is 35.5. The van der Waals surface area contributed by atoms with E-state index in [9.17, 15) is 9.59 Å². The summed E-state index contributed by atoms with van der Waals surface area (Å²) in [6, 6.07) is 1.41. The Bertz CT molecular complexity index is 373. The zero-order valence-corrected chi connectivity index (χ0v) is 7.81. The Hall–Kier alpha value is -1.29. The number of aromatic nitrogens is 1. The molecule has 0 saturated carbocycles. The Morgan fingerprint density at radius 3 is 2.92 bits per heavy atom. The standard InChI is InChI=1S/C8H9ClN2O2/c1-5-2-7(12)10-4-6(5)11-8(13)3-9/h2,4H,3H2,1H3,(H,10,12)(H,11,13). The zero-order chi connectivity index (χ0) is 9.84. The van der Waals surface area contributed by atoms with Gasteiger partial charge in [0, 0.05) is 12.3 Å². The fraction of sp³-hybridized carbons (Fsp3) is 0.250. The van der Waals surface area contributed by atoms with Gasteiger partial charge in [0.05, 0.1) is 5.69 Å². The minimum Gasteiger partial charge on any atom is -0.327 e. The smallest absolute Gasteiger partial charge is 0.248 e. The van der Waals surface area contributed by atoms with Gasteiger partial charge in [-0.3, -0.25) is 9.59 Å². The molecule has 1 aromatic rings. The fourth-order valence-electron chi connectivity index (χ4n) is 0.891. The number of alkyl halides is 1. The van der Waals surface area contributed by atoms with Gasteiger partial charge in [-0.15, -0.1) is 11.6 Å². The third-order valence-corrected chi connectivity index (χ3v) is 1.77. The van der Waals surface area contributed by atoms with Crippen LogP contribution in [0.25, 0.3) is 0 Å². The maximum Gasteiger partial charge on any atom is 0.248 e. The van der Waals surface area contributed by atoms with Gasteiger partial charge in [0.2, 0.25) is 11.5 Å². The van der Waals surface area contributed by atoms with Crippen LogP contribution in [0.15, 0.2) is 17.1 Å². The van der Waals surface area contributed by atoms with Crippen molar-refractivity contribution in [2.24, 2.45) is 0 Å². The number of aryl methyl sites for hydroxylation is 1. The molecule has 0 aliphatic heterocycles. The van der Waals surface area contributed by atoms with E-state index < -0.39 is 0 Å². The van der Waals surface area contributed by atoms with Crippen molar-refractivity contribution >= 4 is 23.2 Å². The molecule has 13 heavy (non-hydrogen) atoms. The van der Waals surface area contributed by atoms with Crippen molar-refractivity contribution in [2.75, 3.05) is 11.2 Å². The molecule has 1 aromatic heterocycles. The van der Waals surface area contributed by atoms with Gasteiger partial charge in [0.25, 0.3) is 0 Å². The second kappa shape index (κ2) is 4.09. The zero-order valence-electron chi connectivity index (χ0n) is 7.06. The van der Waals surface area contributed by atoms with Gasteiger partial charge in [-0.05, 0) is 12.5 Å². The maximum atomic E-state index is 10.9. The van der Waals surface area contributed by atoms with E-state index in [2.05, 4.69) is 10.3 Å². The average Bonchev–Trinajstić information content (AvgIpc) is 2.09. The lowest BCUT2D eigenvalue weighted by Gasteiger charge is -2.04. The summed E-state index contributed by atoms with van der Waals surface area (Å²) in [4.78, 5) is 24.1. The number of hydrogen-bond donors (Lipinski definition) is 2. The Morgan fingerprint density at radius 2 is 2.38 bits per heavy atom. The first-order valence-electron chi connectivity index (χ1n) is 3.68. The quantitative estimate of drug-likeness (QED) is 0.696. The summed E-state index contributed by atoms with van der Waals surface area (Å²) in [5.41, 5.74) is 1.09. The van der Waals surface area contributed by atoms with Gasteiger partial charge in [-0.25, -0.2) is 0 Å². The molecule has 0 aliphatic rings. The molecule has 0 saturated heterocycles. The summed E-state index contributed by atoms with van der Waals surface area (Å²) < 4.78 is 0. The van der Waals surface area contributed by atoms with Crippen molar-refractivity contribution in [1.82, 2.24) is 4.98 Å². The molecule has 0 fully saturated rings. The number of carbonyl (C=O) groups excluding carboxylic acids is 1. The predicted octanol–water partition coefficient (Wildman–Crippen LogP) is 0.861. The van der Waals surface area contributed by atoms with Crippen LogP contribution in [0, 0.1) is 6.92 Å². The van der Waals surface area contributed by atoms with Crippen LogP contribution < -0.4 is 10.9 Å². The first-order chi connectivity index (χ1) is 6.13. The lowest BCUT2D eigenvalue weighted by atomic mass is 10.2. The van der Waals surface area contributed by atoms with Crippen LogP contribution in [0.5, 0.6) is 0 Å². The van der Waals surface area contributed by atoms with Crippen molar-refractivity contribution < 1.29 is 4.79 Å². The number of carbonyl (C=O) groups is 1. The van der Waals surface area contributed by atoms with Crippen LogP contribution in [0.3, 0.4) is 0 Å². The number of anilines is 1. The molecule has 0 spiro atoms. The van der Waals surface area contributed by atoms with Gasteiger partial charge in [-0.1, -0.05) is 0 Å². The summed E-state index contributed by atoms with van der Waals surface area (Å²) in [7, 11) is 0. The van der Waals surface area contributed by atoms with Gasteiger partial charge in [0.15, 0.2) is 0 Å². The third-order valence-electron chi connectivity index (χ3n) is 1.53. The maximum absolute atomic E-state index is 10.9. The molecule has 0 aromatic carbocycles. The highest BCUT2D eigenvalue weighted by Gasteiger charge is 2.02. The van der Waals surface area contributed by atoms with Gasteiger partial charge >= 0.3 is 0 Å². The Labute approximate surface area is 79.9 Å². The lowest BCUT2D eigenvalue weighted by Crippen LogP contribution is -2.15. The summed E-state index contributed by atoms with van der Waals surface area (Å²) in [5.74, 6) is -0.393. The number of hydrogen-bond acceptors (Lipinski definition) is 2. The number of H-pyrrole nitrogens is 1. The SMILES string of the molecule is Cc1cc(=O)[nH]cc1NC(=O)CCl. The van der Waals surface area contributed by atoms with Crippen molar-refractivity contribution in [3.05, 3.63) is 28.2 Å². The number of halogens is 1. The van der Waals surface area contributed by atoms with Crippen LogP contribution >= 0.6 is 11.6 Å². The van der Waals surface area contributed by atoms with Crippen LogP contribution in [0.2, 0.25) is 0 Å². The molecule has 1 heterocycles. The van der Waals surface area contributed by atoms with Crippen LogP contribution in [-0.2, 0) is 4.79 Å². The van der Waals surface area contributed by atoms with E-state index in [0.717, 1.165) is 0 Å². The average molecular weight is 201 g/mol. The van der Waals surface area contributed by atoms with Crippen molar-refractivity contribution in [3.8, 4) is 0 Å². The minimum atomic E-state index is -0.295. The molecule has 0 bridgehead atoms. The first-order valence-corrected chi connectivity index (χ1v) is 4.22. The number of nitrogens with one attached hydrogen (secondary N) is 2. The highest BCUT2D eigenvalue weighted by molar-refractivity contribution is 6.29. The van der Waals surface area contributed by atoms with E-state index in [4.69, 9.17) is 11.6 Å². The molecule has 70 valence electrons. The molecule has 2 N–H and O–H groups in total. The molecular weight excluding hydrogens is 192 g/mol. The normalized spacial score (nSPS) is 9.69. The van der Waals surface area contributed by atoms with Gasteiger partial charge < -0.3 is 10.3 Å². The van der Waals surface area contributed by atoms with E-state index in [1.54, 1.807) is 6.92 Å². The summed E-state index contributed by atoms with van der Waals surface area (Å²) in [6.07, 6.45) is 1.45. The number of rotatable bonds is 2. The van der Waals surface area contributed by atoms with Crippen LogP contribution in [-0.4, -0.2) is 16.8 Å². The second-order valence-corrected chi connectivity index (χ2v) is 2.84. The number of amides is 1. The largest absolute Gasteiger partial charge is 0.327 e. The molecule has 0 aliphatic carbocycles. The van der Waals surface area contributed by atoms with E-state index in [1.165, 1.54) is 12.3 Å². The van der Waals surface area contributed by atoms with Crippen molar-refractivity contribution in [3.63, 3.8) is 0 Å². The number of pyridine rings is 1. The van der Waals surface area contributed by atoms with E-state index in [1.807, 2.05) is 0 Å². The predicted molar refractivity (Wildman–Crippen MR) is 51.1 cm³/mol. The molecule has 5 heteroatoms. The molecule has 1 rings (SSSR count). The van der Waals surface area contributed by atoms with Crippen LogP contribution in [0.4, 0.5) is 5.69 Å². The Morgan fingerprint density at radius 1 is 1.69 bits per heavy atom. The lowest BCUT2D eigenvalue weighted by molar-refractivity contribution is -0.113. The van der Waals surface area contributed by atoms with Gasteiger partial charge in [0.1, 0.15) is 5.88 Å². The van der Waals surface area contributed by atoms with Gasteiger partial charge in [-0.2, -0.15) is 0 Å². The molecule has 1 amide bonds. The summed E-state index contributed by atoms with van der Waals surface area (Å²) in [6.45, 7) is 1.74. The van der Waals surface area contributed by atoms with Crippen molar-refractivity contribution in [2.45, 2.75) is 6.92 Å². The fourth-order valence-corrected chi connectivity index (χ4v) is 0.958. The minimum absolute atomic E-state index is 0.0986. The summed E-state index contributed by atoms with van der Waals surface area (Å²) in [5, 5.41) is 2.55. The topological polar surface area (TPSA) is 62.0 Å². The number of aromatic amines is 1. The third kappa shape index (κ3) is 2.59.